The minimum absolute atomic E-state index is 0.319. The molecule has 0 fully saturated rings. The van der Waals surface area contributed by atoms with E-state index in [0.29, 0.717) is 6.42 Å². The molecule has 0 aliphatic carbocycles. The molecule has 3 nitrogen and oxygen atoms in total. The number of rotatable bonds is 6. The second-order valence-electron chi connectivity index (χ2n) is 9.11. The summed E-state index contributed by atoms with van der Waals surface area (Å²) in [6, 6.07) is 33.8. The monoisotopic (exact) mass is 435 g/mol. The Morgan fingerprint density at radius 3 is 2.09 bits per heavy atom. The van der Waals surface area contributed by atoms with Gasteiger partial charge in [0, 0.05) is 17.5 Å². The molecule has 0 aromatic heterocycles. The highest BCUT2D eigenvalue weighted by Gasteiger charge is 2.26. The van der Waals surface area contributed by atoms with E-state index < -0.39 is 11.6 Å². The highest BCUT2D eigenvalue weighted by molar-refractivity contribution is 6.19. The van der Waals surface area contributed by atoms with E-state index in [1.54, 1.807) is 0 Å². The molecule has 4 aromatic rings. The van der Waals surface area contributed by atoms with Crippen molar-refractivity contribution in [1.82, 2.24) is 0 Å². The highest BCUT2D eigenvalue weighted by Crippen LogP contribution is 2.24. The van der Waals surface area contributed by atoms with E-state index in [0.717, 1.165) is 33.2 Å². The van der Waals surface area contributed by atoms with Crippen molar-refractivity contribution in [3.8, 4) is 0 Å². The van der Waals surface area contributed by atoms with E-state index in [-0.39, 0.29) is 5.97 Å². The fraction of sp³-hybridized carbons (Fsp3) is 0.200. The van der Waals surface area contributed by atoms with Crippen LogP contribution >= 0.6 is 0 Å². The lowest BCUT2D eigenvalue weighted by atomic mass is 9.95. The molecule has 4 rings (SSSR count). The number of hydrogen-bond donors (Lipinski definition) is 0. The van der Waals surface area contributed by atoms with Crippen LogP contribution in [0.3, 0.4) is 0 Å². The molecule has 0 heterocycles. The van der Waals surface area contributed by atoms with Crippen LogP contribution in [-0.4, -0.2) is 23.3 Å². The predicted molar refractivity (Wildman–Crippen MR) is 136 cm³/mol. The zero-order chi connectivity index (χ0) is 23.3. The molecule has 166 valence electrons. The molecule has 0 amide bonds. The molecule has 0 bridgehead atoms. The smallest absolute Gasteiger partial charge is 0.331 e. The summed E-state index contributed by atoms with van der Waals surface area (Å²) in [7, 11) is 0. The maximum absolute atomic E-state index is 13.3. The summed E-state index contributed by atoms with van der Waals surface area (Å²) < 4.78 is 5.79. The largest absolute Gasteiger partial charge is 0.458 e. The minimum Gasteiger partial charge on any atom is -0.458 e. The number of esters is 1. The maximum Gasteiger partial charge on any atom is 0.331 e. The third-order valence-electron chi connectivity index (χ3n) is 5.33. The summed E-state index contributed by atoms with van der Waals surface area (Å²) in [4.78, 5) is 18.4. The number of fused-ring (bicyclic) bond motifs is 1. The van der Waals surface area contributed by atoms with Crippen molar-refractivity contribution in [3.63, 3.8) is 0 Å². The molecular weight excluding hydrogens is 406 g/mol. The van der Waals surface area contributed by atoms with E-state index in [2.05, 4.69) is 24.3 Å². The van der Waals surface area contributed by atoms with Crippen LogP contribution < -0.4 is 0 Å². The fourth-order valence-electron chi connectivity index (χ4n) is 3.87. The van der Waals surface area contributed by atoms with Crippen molar-refractivity contribution < 1.29 is 9.53 Å². The van der Waals surface area contributed by atoms with E-state index in [1.165, 1.54) is 0 Å². The second-order valence-corrected chi connectivity index (χ2v) is 9.11. The van der Waals surface area contributed by atoms with Crippen LogP contribution in [-0.2, 0) is 16.0 Å². The third-order valence-corrected chi connectivity index (χ3v) is 5.33. The summed E-state index contributed by atoms with van der Waals surface area (Å²) in [5.74, 6) is -0.319. The van der Waals surface area contributed by atoms with Crippen molar-refractivity contribution in [2.75, 3.05) is 0 Å². The molecule has 0 N–H and O–H groups in total. The van der Waals surface area contributed by atoms with Gasteiger partial charge in [0.1, 0.15) is 5.60 Å². The van der Waals surface area contributed by atoms with Gasteiger partial charge in [-0.2, -0.15) is 0 Å². The number of benzene rings is 4. The summed E-state index contributed by atoms with van der Waals surface area (Å²) in [5, 5.41) is 2.24. The Kier molecular flexibility index (Phi) is 6.69. The summed E-state index contributed by atoms with van der Waals surface area (Å²) >= 11 is 0. The highest BCUT2D eigenvalue weighted by atomic mass is 16.6. The van der Waals surface area contributed by atoms with Crippen LogP contribution in [0, 0.1) is 0 Å². The van der Waals surface area contributed by atoms with Gasteiger partial charge >= 0.3 is 5.97 Å². The molecular formula is C30H29NO2. The van der Waals surface area contributed by atoms with Crippen molar-refractivity contribution in [3.05, 3.63) is 120 Å². The van der Waals surface area contributed by atoms with E-state index >= 15 is 0 Å². The molecule has 33 heavy (non-hydrogen) atoms. The molecule has 0 aliphatic heterocycles. The topological polar surface area (TPSA) is 38.7 Å². The van der Waals surface area contributed by atoms with E-state index in [4.69, 9.17) is 9.73 Å². The molecule has 0 saturated heterocycles. The van der Waals surface area contributed by atoms with Gasteiger partial charge in [0.2, 0.25) is 0 Å². The van der Waals surface area contributed by atoms with Gasteiger partial charge in [-0.1, -0.05) is 103 Å². The van der Waals surface area contributed by atoms with Gasteiger partial charge in [-0.3, -0.25) is 4.99 Å². The molecule has 0 aliphatic rings. The summed E-state index contributed by atoms with van der Waals surface area (Å²) in [5.41, 5.74) is 3.21. The zero-order valence-corrected chi connectivity index (χ0v) is 19.4. The average Bonchev–Trinajstić information content (AvgIpc) is 2.81. The first-order chi connectivity index (χ1) is 15.9. The molecule has 1 atom stereocenters. The molecule has 0 spiro atoms. The van der Waals surface area contributed by atoms with Crippen LogP contribution in [0.5, 0.6) is 0 Å². The molecule has 3 heteroatoms. The lowest BCUT2D eigenvalue weighted by molar-refractivity contribution is -0.156. The quantitative estimate of drug-likeness (QED) is 0.252. The van der Waals surface area contributed by atoms with Gasteiger partial charge in [-0.05, 0) is 37.1 Å². The molecule has 4 aromatic carbocycles. The lowest BCUT2D eigenvalue weighted by Crippen LogP contribution is -2.33. The minimum atomic E-state index is -0.666. The molecule has 0 saturated carbocycles. The van der Waals surface area contributed by atoms with Crippen LogP contribution in [0.2, 0.25) is 0 Å². The van der Waals surface area contributed by atoms with Crippen molar-refractivity contribution in [2.24, 2.45) is 4.99 Å². The van der Waals surface area contributed by atoms with E-state index in [1.807, 2.05) is 99.6 Å². The Morgan fingerprint density at radius 1 is 0.788 bits per heavy atom. The predicted octanol–water partition coefficient (Wildman–Crippen LogP) is 6.63. The molecule has 0 unspecified atom stereocenters. The van der Waals surface area contributed by atoms with Crippen molar-refractivity contribution in [2.45, 2.75) is 38.8 Å². The Morgan fingerprint density at radius 2 is 1.39 bits per heavy atom. The number of carbonyl (C=O) groups excluding carboxylic acids is 1. The van der Waals surface area contributed by atoms with Crippen molar-refractivity contribution >= 4 is 22.5 Å². The zero-order valence-electron chi connectivity index (χ0n) is 19.4. The Balaban J connectivity index is 1.87. The van der Waals surface area contributed by atoms with Gasteiger partial charge in [-0.25, -0.2) is 4.79 Å². The number of carbonyl (C=O) groups is 1. The van der Waals surface area contributed by atoms with Crippen LogP contribution in [0.25, 0.3) is 10.8 Å². The number of nitrogens with zero attached hydrogens (tertiary/aromatic N) is 1. The number of aliphatic imine (C=N–C) groups is 1. The van der Waals surface area contributed by atoms with Gasteiger partial charge in [-0.15, -0.1) is 0 Å². The summed E-state index contributed by atoms with van der Waals surface area (Å²) in [6.45, 7) is 5.66. The third kappa shape index (κ3) is 5.75. The number of hydrogen-bond acceptors (Lipinski definition) is 3. The second kappa shape index (κ2) is 9.83. The Labute approximate surface area is 195 Å². The maximum atomic E-state index is 13.3. The first kappa shape index (κ1) is 22.5. The first-order valence-corrected chi connectivity index (χ1v) is 11.3. The van der Waals surface area contributed by atoms with Crippen LogP contribution in [0.15, 0.2) is 108 Å². The lowest BCUT2D eigenvalue weighted by Gasteiger charge is -2.23. The van der Waals surface area contributed by atoms with Gasteiger partial charge in [0.05, 0.1) is 5.71 Å². The normalized spacial score (nSPS) is 13.0. The van der Waals surface area contributed by atoms with Gasteiger partial charge in [0.25, 0.3) is 0 Å². The number of ether oxygens (including phenoxy) is 1. The SMILES string of the molecule is CC(C)(C)OC(=O)[C@@H](Cc1ccccc1)N=C(c1ccccc1)c1cccc2ccccc12. The first-order valence-electron chi connectivity index (χ1n) is 11.3. The van der Waals surface area contributed by atoms with Gasteiger partial charge < -0.3 is 4.74 Å². The average molecular weight is 436 g/mol. The van der Waals surface area contributed by atoms with Gasteiger partial charge in [0.15, 0.2) is 6.04 Å². The standard InChI is InChI=1S/C30H29NO2/c1-30(2,3)33-29(32)27(21-22-13-6-4-7-14-22)31-28(24-16-8-5-9-17-24)26-20-12-18-23-15-10-11-19-25(23)26/h4-20,27H,21H2,1-3H3/t27-/m1/s1. The van der Waals surface area contributed by atoms with Crippen LogP contribution in [0.4, 0.5) is 0 Å². The van der Waals surface area contributed by atoms with Crippen molar-refractivity contribution in [1.29, 1.82) is 0 Å². The summed E-state index contributed by atoms with van der Waals surface area (Å²) in [6.07, 6.45) is 0.469. The van der Waals surface area contributed by atoms with Crippen LogP contribution in [0.1, 0.15) is 37.5 Å². The van der Waals surface area contributed by atoms with E-state index in [9.17, 15) is 4.79 Å². The fourth-order valence-corrected chi connectivity index (χ4v) is 3.87. The molecule has 0 radical (unpaired) electrons. The Hall–Kier alpha value is -3.72. The Bertz CT molecular complexity index is 1250.